The molecule has 3 heterocycles. The number of nitrogens with zero attached hydrogens (tertiary/aromatic N) is 3. The Hall–Kier alpha value is -3.09. The fraction of sp³-hybridized carbons (Fsp3) is 0.316. The SMILES string of the molecule is Cc1c(C(=O)N2CCC(C(=O)O)(n3cccn3)CC2)[nH]c2ccccc12. The lowest BCUT2D eigenvalue weighted by Crippen LogP contribution is -2.52. The van der Waals surface area contributed by atoms with E-state index in [1.807, 2.05) is 31.2 Å². The molecule has 7 nitrogen and oxygen atoms in total. The van der Waals surface area contributed by atoms with Gasteiger partial charge in [-0.15, -0.1) is 0 Å². The van der Waals surface area contributed by atoms with E-state index in [1.165, 1.54) is 4.68 Å². The van der Waals surface area contributed by atoms with Crippen molar-refractivity contribution in [3.8, 4) is 0 Å². The van der Waals surface area contributed by atoms with Crippen LogP contribution in [-0.2, 0) is 10.3 Å². The van der Waals surface area contributed by atoms with E-state index in [2.05, 4.69) is 10.1 Å². The average molecular weight is 352 g/mol. The number of carboxylic acids is 1. The Bertz CT molecular complexity index is 966. The molecule has 1 aliphatic heterocycles. The molecule has 0 atom stereocenters. The Morgan fingerprint density at radius 1 is 1.19 bits per heavy atom. The molecule has 0 spiro atoms. The molecule has 3 aromatic rings. The first-order chi connectivity index (χ1) is 12.5. The third kappa shape index (κ3) is 2.39. The fourth-order valence-corrected chi connectivity index (χ4v) is 3.80. The van der Waals surface area contributed by atoms with Crippen LogP contribution < -0.4 is 0 Å². The molecular formula is C19H20N4O3. The molecule has 134 valence electrons. The van der Waals surface area contributed by atoms with Crippen molar-refractivity contribution in [3.63, 3.8) is 0 Å². The van der Waals surface area contributed by atoms with Gasteiger partial charge in [0, 0.05) is 49.2 Å². The van der Waals surface area contributed by atoms with Gasteiger partial charge < -0.3 is 15.0 Å². The maximum absolute atomic E-state index is 13.0. The van der Waals surface area contributed by atoms with Gasteiger partial charge in [-0.2, -0.15) is 5.10 Å². The molecule has 1 saturated heterocycles. The van der Waals surface area contributed by atoms with Crippen LogP contribution in [0.15, 0.2) is 42.7 Å². The lowest BCUT2D eigenvalue weighted by molar-refractivity contribution is -0.150. The third-order valence-corrected chi connectivity index (χ3v) is 5.40. The third-order valence-electron chi connectivity index (χ3n) is 5.40. The number of fused-ring (bicyclic) bond motifs is 1. The van der Waals surface area contributed by atoms with Crippen LogP contribution in [0.2, 0.25) is 0 Å². The number of nitrogens with one attached hydrogen (secondary N) is 1. The number of aliphatic carboxylic acids is 1. The minimum atomic E-state index is -1.09. The Kier molecular flexibility index (Phi) is 3.79. The number of piperidine rings is 1. The highest BCUT2D eigenvalue weighted by atomic mass is 16.4. The van der Waals surface area contributed by atoms with Gasteiger partial charge in [-0.05, 0) is 24.6 Å². The molecule has 0 unspecified atom stereocenters. The van der Waals surface area contributed by atoms with Crippen molar-refractivity contribution in [2.24, 2.45) is 0 Å². The van der Waals surface area contributed by atoms with Gasteiger partial charge >= 0.3 is 5.97 Å². The van der Waals surface area contributed by atoms with Crippen molar-refractivity contribution in [2.75, 3.05) is 13.1 Å². The van der Waals surface area contributed by atoms with Gasteiger partial charge in [-0.1, -0.05) is 18.2 Å². The summed E-state index contributed by atoms with van der Waals surface area (Å²) in [5.41, 5.74) is 1.35. The summed E-state index contributed by atoms with van der Waals surface area (Å²) < 4.78 is 1.51. The first-order valence-corrected chi connectivity index (χ1v) is 8.63. The van der Waals surface area contributed by atoms with E-state index >= 15 is 0 Å². The molecule has 1 fully saturated rings. The maximum atomic E-state index is 13.0. The van der Waals surface area contributed by atoms with Gasteiger partial charge in [0.1, 0.15) is 5.69 Å². The lowest BCUT2D eigenvalue weighted by atomic mass is 9.87. The molecule has 0 radical (unpaired) electrons. The quantitative estimate of drug-likeness (QED) is 0.757. The molecular weight excluding hydrogens is 332 g/mol. The number of hydrogen-bond acceptors (Lipinski definition) is 3. The predicted molar refractivity (Wildman–Crippen MR) is 96.0 cm³/mol. The number of carboxylic acid groups (broad SMARTS) is 1. The molecule has 2 aromatic heterocycles. The number of amides is 1. The van der Waals surface area contributed by atoms with Crippen molar-refractivity contribution < 1.29 is 14.7 Å². The Morgan fingerprint density at radius 2 is 1.92 bits per heavy atom. The van der Waals surface area contributed by atoms with Crippen molar-refractivity contribution >= 4 is 22.8 Å². The maximum Gasteiger partial charge on any atom is 0.331 e. The fourth-order valence-electron chi connectivity index (χ4n) is 3.80. The van der Waals surface area contributed by atoms with Crippen LogP contribution in [0.4, 0.5) is 0 Å². The van der Waals surface area contributed by atoms with Crippen molar-refractivity contribution in [3.05, 3.63) is 54.0 Å². The molecule has 7 heteroatoms. The Morgan fingerprint density at radius 3 is 2.54 bits per heavy atom. The number of aromatic amines is 1. The van der Waals surface area contributed by atoms with Crippen LogP contribution in [0.25, 0.3) is 10.9 Å². The van der Waals surface area contributed by atoms with Gasteiger partial charge in [0.25, 0.3) is 5.91 Å². The van der Waals surface area contributed by atoms with E-state index < -0.39 is 11.5 Å². The van der Waals surface area contributed by atoms with Gasteiger partial charge in [0.2, 0.25) is 0 Å². The molecule has 1 aliphatic rings. The summed E-state index contributed by atoms with van der Waals surface area (Å²) >= 11 is 0. The minimum absolute atomic E-state index is 0.0850. The molecule has 2 N–H and O–H groups in total. The van der Waals surface area contributed by atoms with Crippen molar-refractivity contribution in [1.82, 2.24) is 19.7 Å². The zero-order chi connectivity index (χ0) is 18.3. The molecule has 1 aromatic carbocycles. The minimum Gasteiger partial charge on any atom is -0.479 e. The number of hydrogen-bond donors (Lipinski definition) is 2. The molecule has 26 heavy (non-hydrogen) atoms. The van der Waals surface area contributed by atoms with E-state index in [0.717, 1.165) is 16.5 Å². The Labute approximate surface area is 150 Å². The van der Waals surface area contributed by atoms with E-state index in [4.69, 9.17) is 0 Å². The summed E-state index contributed by atoms with van der Waals surface area (Å²) in [5.74, 6) is -0.992. The summed E-state index contributed by atoms with van der Waals surface area (Å²) in [6, 6.07) is 9.53. The highest BCUT2D eigenvalue weighted by molar-refractivity contribution is 6.01. The molecule has 0 aliphatic carbocycles. The van der Waals surface area contributed by atoms with E-state index in [-0.39, 0.29) is 5.91 Å². The van der Waals surface area contributed by atoms with Crippen LogP contribution in [0.1, 0.15) is 28.9 Å². The first kappa shape index (κ1) is 16.4. The van der Waals surface area contributed by atoms with E-state index in [1.54, 1.807) is 23.4 Å². The van der Waals surface area contributed by atoms with Crippen LogP contribution in [0.5, 0.6) is 0 Å². The summed E-state index contributed by atoms with van der Waals surface area (Å²) in [4.78, 5) is 29.8. The highest BCUT2D eigenvalue weighted by Gasteiger charge is 2.45. The monoisotopic (exact) mass is 352 g/mol. The van der Waals surface area contributed by atoms with Gasteiger partial charge in [-0.3, -0.25) is 9.48 Å². The Balaban J connectivity index is 1.58. The van der Waals surface area contributed by atoms with E-state index in [0.29, 0.717) is 31.6 Å². The number of carbonyl (C=O) groups excluding carboxylic acids is 1. The number of benzene rings is 1. The zero-order valence-electron chi connectivity index (χ0n) is 14.5. The van der Waals surface area contributed by atoms with Gasteiger partial charge in [0.05, 0.1) is 0 Å². The standard InChI is InChI=1S/C19H20N4O3/c1-13-14-5-2-3-6-15(14)21-16(13)17(24)22-11-7-19(8-12-22,18(25)26)23-10-4-9-20-23/h2-6,9-10,21H,7-8,11-12H2,1H3,(H,25,26). The van der Waals surface area contributed by atoms with Crippen LogP contribution >= 0.6 is 0 Å². The molecule has 4 rings (SSSR count). The van der Waals surface area contributed by atoms with Gasteiger partial charge in [0.15, 0.2) is 5.54 Å². The summed E-state index contributed by atoms with van der Waals surface area (Å²) in [6.45, 7) is 2.68. The van der Waals surface area contributed by atoms with Crippen LogP contribution in [-0.4, -0.2) is 49.7 Å². The number of likely N-dealkylation sites (tertiary alicyclic amines) is 1. The molecule has 1 amide bonds. The van der Waals surface area contributed by atoms with Crippen LogP contribution in [0.3, 0.4) is 0 Å². The second kappa shape index (κ2) is 6.01. The zero-order valence-corrected chi connectivity index (χ0v) is 14.5. The second-order valence-electron chi connectivity index (χ2n) is 6.75. The number of carbonyl (C=O) groups is 2. The topological polar surface area (TPSA) is 91.2 Å². The summed E-state index contributed by atoms with van der Waals surface area (Å²) in [6.07, 6.45) is 3.91. The summed E-state index contributed by atoms with van der Waals surface area (Å²) in [7, 11) is 0. The predicted octanol–water partition coefficient (Wildman–Crippen LogP) is 2.39. The lowest BCUT2D eigenvalue weighted by Gasteiger charge is -2.38. The van der Waals surface area contributed by atoms with Gasteiger partial charge in [-0.25, -0.2) is 4.79 Å². The number of aromatic nitrogens is 3. The number of para-hydroxylation sites is 1. The normalized spacial score (nSPS) is 16.7. The number of aryl methyl sites for hydroxylation is 1. The van der Waals surface area contributed by atoms with E-state index in [9.17, 15) is 14.7 Å². The van der Waals surface area contributed by atoms with Crippen molar-refractivity contribution in [1.29, 1.82) is 0 Å². The smallest absolute Gasteiger partial charge is 0.331 e. The first-order valence-electron chi connectivity index (χ1n) is 8.63. The average Bonchev–Trinajstić information content (AvgIpc) is 3.30. The number of rotatable bonds is 3. The largest absolute Gasteiger partial charge is 0.479 e. The highest BCUT2D eigenvalue weighted by Crippen LogP contribution is 2.31. The number of H-pyrrole nitrogens is 1. The van der Waals surface area contributed by atoms with Crippen LogP contribution in [0, 0.1) is 6.92 Å². The molecule has 0 saturated carbocycles. The second-order valence-corrected chi connectivity index (χ2v) is 6.75. The summed E-state index contributed by atoms with van der Waals surface area (Å²) in [5, 5.41) is 14.9. The van der Waals surface area contributed by atoms with Crippen molar-refractivity contribution in [2.45, 2.75) is 25.3 Å². The molecule has 0 bridgehead atoms.